The second-order valence-corrected chi connectivity index (χ2v) is 4.79. The van der Waals surface area contributed by atoms with E-state index in [1.165, 1.54) is 0 Å². The quantitative estimate of drug-likeness (QED) is 0.868. The lowest BCUT2D eigenvalue weighted by atomic mass is 10.1. The molecule has 0 bridgehead atoms. The second-order valence-electron chi connectivity index (χ2n) is 4.79. The molecular formula is C17H15NO3. The fraction of sp³-hybridized carbons (Fsp3) is 0.176. The summed E-state index contributed by atoms with van der Waals surface area (Å²) >= 11 is 0. The third kappa shape index (κ3) is 2.52. The first kappa shape index (κ1) is 13.4. The van der Waals surface area contributed by atoms with E-state index in [0.717, 1.165) is 11.1 Å². The molecule has 4 heteroatoms. The zero-order valence-corrected chi connectivity index (χ0v) is 11.9. The minimum absolute atomic E-state index is 0.00705. The highest BCUT2D eigenvalue weighted by atomic mass is 16.5. The van der Waals surface area contributed by atoms with E-state index in [9.17, 15) is 4.79 Å². The molecule has 1 aliphatic rings. The lowest BCUT2D eigenvalue weighted by Crippen LogP contribution is -2.06. The smallest absolute Gasteiger partial charge is 0.207 e. The van der Waals surface area contributed by atoms with Crippen molar-refractivity contribution in [1.82, 2.24) is 0 Å². The van der Waals surface area contributed by atoms with Crippen molar-refractivity contribution in [3.63, 3.8) is 0 Å². The van der Waals surface area contributed by atoms with Gasteiger partial charge in [-0.3, -0.25) is 4.79 Å². The van der Waals surface area contributed by atoms with Gasteiger partial charge in [0.15, 0.2) is 0 Å². The standard InChI is InChI=1S/C17H15NO3/c1-20-13-8-12(9-14(10-13)21-2)18-16-7-11-5-3-4-6-15(11)17(16)19/h3-6,8-10H,7H2,1-2H3. The molecule has 0 aromatic heterocycles. The van der Waals surface area contributed by atoms with Crippen molar-refractivity contribution in [2.24, 2.45) is 4.99 Å². The molecule has 2 aromatic carbocycles. The summed E-state index contributed by atoms with van der Waals surface area (Å²) in [6.45, 7) is 0. The summed E-state index contributed by atoms with van der Waals surface area (Å²) in [6, 6.07) is 12.9. The predicted molar refractivity (Wildman–Crippen MR) is 81.1 cm³/mol. The Morgan fingerprint density at radius 2 is 1.67 bits per heavy atom. The predicted octanol–water partition coefficient (Wildman–Crippen LogP) is 3.22. The van der Waals surface area contributed by atoms with Crippen LogP contribution in [0.15, 0.2) is 47.5 Å². The molecule has 1 aliphatic carbocycles. The number of ketones is 1. The zero-order valence-electron chi connectivity index (χ0n) is 11.9. The Labute approximate surface area is 123 Å². The number of carbonyl (C=O) groups excluding carboxylic acids is 1. The van der Waals surface area contributed by atoms with Crippen LogP contribution < -0.4 is 9.47 Å². The SMILES string of the molecule is COc1cc(N=C2Cc3ccccc3C2=O)cc(OC)c1. The molecule has 0 fully saturated rings. The Hall–Kier alpha value is -2.62. The largest absolute Gasteiger partial charge is 0.497 e. The third-order valence-corrected chi connectivity index (χ3v) is 3.48. The molecule has 0 spiro atoms. The molecule has 0 unspecified atom stereocenters. The molecule has 3 rings (SSSR count). The van der Waals surface area contributed by atoms with Crippen LogP contribution in [0.25, 0.3) is 0 Å². The Bertz CT molecular complexity index is 712. The first-order valence-electron chi connectivity index (χ1n) is 6.64. The molecule has 0 heterocycles. The normalized spacial score (nSPS) is 15.1. The molecular weight excluding hydrogens is 266 g/mol. The Morgan fingerprint density at radius 1 is 1.00 bits per heavy atom. The molecule has 4 nitrogen and oxygen atoms in total. The molecule has 0 saturated heterocycles. The van der Waals surface area contributed by atoms with Gasteiger partial charge >= 0.3 is 0 Å². The van der Waals surface area contributed by atoms with E-state index >= 15 is 0 Å². The van der Waals surface area contributed by atoms with Crippen molar-refractivity contribution in [2.45, 2.75) is 6.42 Å². The number of carbonyl (C=O) groups is 1. The van der Waals surface area contributed by atoms with Crippen LogP contribution >= 0.6 is 0 Å². The summed E-state index contributed by atoms with van der Waals surface area (Å²) in [5.41, 5.74) is 2.97. The van der Waals surface area contributed by atoms with Crippen LogP contribution in [0.3, 0.4) is 0 Å². The van der Waals surface area contributed by atoms with E-state index in [2.05, 4.69) is 4.99 Å². The van der Waals surface area contributed by atoms with Crippen LogP contribution in [0.1, 0.15) is 15.9 Å². The highest BCUT2D eigenvalue weighted by molar-refractivity contribution is 6.49. The summed E-state index contributed by atoms with van der Waals surface area (Å²) in [5.74, 6) is 1.29. The van der Waals surface area contributed by atoms with Crippen molar-refractivity contribution in [2.75, 3.05) is 14.2 Å². The number of nitrogens with zero attached hydrogens (tertiary/aromatic N) is 1. The van der Waals surface area contributed by atoms with E-state index in [0.29, 0.717) is 29.3 Å². The number of hydrogen-bond donors (Lipinski definition) is 0. The van der Waals surface area contributed by atoms with E-state index in [1.54, 1.807) is 32.4 Å². The maximum absolute atomic E-state index is 12.3. The van der Waals surface area contributed by atoms with Crippen molar-refractivity contribution < 1.29 is 14.3 Å². The number of fused-ring (bicyclic) bond motifs is 1. The van der Waals surface area contributed by atoms with Gasteiger partial charge in [0, 0.05) is 30.2 Å². The minimum Gasteiger partial charge on any atom is -0.497 e. The Balaban J connectivity index is 1.99. The van der Waals surface area contributed by atoms with Gasteiger partial charge < -0.3 is 9.47 Å². The van der Waals surface area contributed by atoms with Crippen LogP contribution in [-0.4, -0.2) is 25.7 Å². The number of methoxy groups -OCH3 is 2. The van der Waals surface area contributed by atoms with Crippen molar-refractivity contribution in [3.05, 3.63) is 53.6 Å². The molecule has 0 aliphatic heterocycles. The van der Waals surface area contributed by atoms with Crippen molar-refractivity contribution >= 4 is 17.2 Å². The Kier molecular flexibility index (Phi) is 3.44. The van der Waals surface area contributed by atoms with Crippen molar-refractivity contribution in [1.29, 1.82) is 0 Å². The van der Waals surface area contributed by atoms with Gasteiger partial charge in [-0.25, -0.2) is 4.99 Å². The first-order valence-corrected chi connectivity index (χ1v) is 6.64. The highest BCUT2D eigenvalue weighted by Gasteiger charge is 2.25. The van der Waals surface area contributed by atoms with E-state index < -0.39 is 0 Å². The highest BCUT2D eigenvalue weighted by Crippen LogP contribution is 2.29. The van der Waals surface area contributed by atoms with Gasteiger partial charge in [0.25, 0.3) is 0 Å². The minimum atomic E-state index is -0.00705. The summed E-state index contributed by atoms with van der Waals surface area (Å²) in [6.07, 6.45) is 0.564. The van der Waals surface area contributed by atoms with Gasteiger partial charge in [-0.15, -0.1) is 0 Å². The fourth-order valence-electron chi connectivity index (χ4n) is 2.42. The monoisotopic (exact) mass is 281 g/mol. The van der Waals surface area contributed by atoms with Crippen LogP contribution in [0, 0.1) is 0 Å². The maximum atomic E-state index is 12.3. The summed E-state index contributed by atoms with van der Waals surface area (Å²) in [5, 5.41) is 0. The molecule has 0 N–H and O–H groups in total. The average Bonchev–Trinajstić information content (AvgIpc) is 2.83. The number of benzene rings is 2. The number of rotatable bonds is 3. The molecule has 106 valence electrons. The van der Waals surface area contributed by atoms with Gasteiger partial charge in [0.05, 0.1) is 25.6 Å². The number of ether oxygens (including phenoxy) is 2. The molecule has 2 aromatic rings. The topological polar surface area (TPSA) is 47.9 Å². The zero-order chi connectivity index (χ0) is 14.8. The first-order chi connectivity index (χ1) is 10.2. The van der Waals surface area contributed by atoms with Crippen molar-refractivity contribution in [3.8, 4) is 11.5 Å². The van der Waals surface area contributed by atoms with E-state index in [-0.39, 0.29) is 5.78 Å². The molecule has 0 atom stereocenters. The summed E-state index contributed by atoms with van der Waals surface area (Å²) in [4.78, 5) is 16.8. The number of aliphatic imine (C=N–C) groups is 1. The van der Waals surface area contributed by atoms with E-state index in [4.69, 9.17) is 9.47 Å². The number of hydrogen-bond acceptors (Lipinski definition) is 4. The Morgan fingerprint density at radius 3 is 2.29 bits per heavy atom. The maximum Gasteiger partial charge on any atom is 0.207 e. The second kappa shape index (κ2) is 5.40. The van der Waals surface area contributed by atoms with Gasteiger partial charge in [-0.1, -0.05) is 24.3 Å². The molecule has 0 saturated carbocycles. The summed E-state index contributed by atoms with van der Waals surface area (Å²) < 4.78 is 10.4. The third-order valence-electron chi connectivity index (χ3n) is 3.48. The van der Waals surface area contributed by atoms with Gasteiger partial charge in [-0.2, -0.15) is 0 Å². The molecule has 21 heavy (non-hydrogen) atoms. The fourth-order valence-corrected chi connectivity index (χ4v) is 2.42. The van der Waals surface area contributed by atoms with Gasteiger partial charge in [0.2, 0.25) is 5.78 Å². The van der Waals surface area contributed by atoms with Crippen LogP contribution in [0.4, 0.5) is 5.69 Å². The average molecular weight is 281 g/mol. The lowest BCUT2D eigenvalue weighted by molar-refractivity contribution is 0.106. The van der Waals surface area contributed by atoms with Gasteiger partial charge in [-0.05, 0) is 5.56 Å². The van der Waals surface area contributed by atoms with E-state index in [1.807, 2.05) is 24.3 Å². The van der Waals surface area contributed by atoms with Crippen LogP contribution in [0.2, 0.25) is 0 Å². The van der Waals surface area contributed by atoms with Gasteiger partial charge in [0.1, 0.15) is 11.5 Å². The van der Waals surface area contributed by atoms with Crippen LogP contribution in [-0.2, 0) is 6.42 Å². The number of Topliss-reactive ketones (excluding diaryl/α,β-unsaturated/α-hetero) is 1. The summed E-state index contributed by atoms with van der Waals surface area (Å²) in [7, 11) is 3.17. The molecule has 0 radical (unpaired) electrons. The van der Waals surface area contributed by atoms with Crippen LogP contribution in [0.5, 0.6) is 11.5 Å². The lowest BCUT2D eigenvalue weighted by Gasteiger charge is -2.06. The molecule has 0 amide bonds.